The molecule has 5 rings (SSSR count). The molecule has 2 unspecified atom stereocenters. The van der Waals surface area contributed by atoms with Crippen LogP contribution in [-0.4, -0.2) is 28.7 Å². The van der Waals surface area contributed by atoms with Gasteiger partial charge in [0.25, 0.3) is 0 Å². The summed E-state index contributed by atoms with van der Waals surface area (Å²) in [4.78, 5) is 11.8. The monoisotopic (exact) mass is 413 g/mol. The first-order valence-electron chi connectivity index (χ1n) is 9.45. The molecule has 1 fully saturated rings. The summed E-state index contributed by atoms with van der Waals surface area (Å²) in [5.41, 5.74) is 3.01. The van der Waals surface area contributed by atoms with Gasteiger partial charge in [0.15, 0.2) is 0 Å². The van der Waals surface area contributed by atoms with Crippen LogP contribution < -0.4 is 10.1 Å². The second-order valence-corrected chi connectivity index (χ2v) is 9.00. The van der Waals surface area contributed by atoms with Gasteiger partial charge in [0.2, 0.25) is 0 Å². The van der Waals surface area contributed by atoms with Gasteiger partial charge in [0.05, 0.1) is 22.3 Å². The molecule has 0 radical (unpaired) electrons. The van der Waals surface area contributed by atoms with Gasteiger partial charge in [-0.2, -0.15) is 11.8 Å². The fourth-order valence-electron chi connectivity index (χ4n) is 4.45. The highest BCUT2D eigenvalue weighted by Crippen LogP contribution is 2.52. The minimum Gasteiger partial charge on any atom is -0.489 e. The summed E-state index contributed by atoms with van der Waals surface area (Å²) in [6.45, 7) is 0. The fourth-order valence-corrected chi connectivity index (χ4v) is 5.23. The smallest absolute Gasteiger partial charge is 0.336 e. The van der Waals surface area contributed by atoms with Crippen molar-refractivity contribution in [1.82, 2.24) is 0 Å². The fraction of sp³-hybridized carbons (Fsp3) is 0.318. The second-order valence-electron chi connectivity index (χ2n) is 7.51. The van der Waals surface area contributed by atoms with E-state index in [1.165, 1.54) is 0 Å². The van der Waals surface area contributed by atoms with E-state index in [2.05, 4.69) is 29.6 Å². The van der Waals surface area contributed by atoms with E-state index < -0.39 is 5.97 Å². The molecule has 1 saturated heterocycles. The Morgan fingerprint density at radius 3 is 2.86 bits per heavy atom. The highest BCUT2D eigenvalue weighted by Gasteiger charge is 2.41. The number of thioether (sulfide) groups is 1. The quantitative estimate of drug-likeness (QED) is 0.661. The van der Waals surface area contributed by atoms with E-state index in [9.17, 15) is 9.90 Å². The van der Waals surface area contributed by atoms with Crippen molar-refractivity contribution in [3.05, 3.63) is 70.3 Å². The Morgan fingerprint density at radius 2 is 2.11 bits per heavy atom. The summed E-state index contributed by atoms with van der Waals surface area (Å²) in [7, 11) is 0. The molecule has 2 heterocycles. The number of nitrogens with one attached hydrogen (secondary N) is 1. The molecule has 0 spiro atoms. The highest BCUT2D eigenvalue weighted by molar-refractivity contribution is 8.00. The molecule has 144 valence electrons. The van der Waals surface area contributed by atoms with Gasteiger partial charge in [-0.15, -0.1) is 0 Å². The van der Waals surface area contributed by atoms with Crippen molar-refractivity contribution in [1.29, 1.82) is 0 Å². The minimum atomic E-state index is -0.916. The van der Waals surface area contributed by atoms with E-state index in [0.29, 0.717) is 16.7 Å². The third kappa shape index (κ3) is 2.97. The molecule has 3 atom stereocenters. The first-order valence-corrected chi connectivity index (χ1v) is 11.0. The van der Waals surface area contributed by atoms with Gasteiger partial charge in [0.1, 0.15) is 11.9 Å². The molecule has 6 heteroatoms. The molecular formula is C22H20ClNO3S. The summed E-state index contributed by atoms with van der Waals surface area (Å²) in [6, 6.07) is 11.6. The first kappa shape index (κ1) is 18.0. The van der Waals surface area contributed by atoms with Crippen molar-refractivity contribution in [2.45, 2.75) is 24.5 Å². The summed E-state index contributed by atoms with van der Waals surface area (Å²) in [6.07, 6.45) is 5.48. The predicted molar refractivity (Wildman–Crippen MR) is 113 cm³/mol. The van der Waals surface area contributed by atoms with Crippen molar-refractivity contribution in [3.8, 4) is 5.75 Å². The zero-order valence-electron chi connectivity index (χ0n) is 15.1. The van der Waals surface area contributed by atoms with Crippen LogP contribution in [0.2, 0.25) is 5.02 Å². The third-order valence-corrected chi connectivity index (χ3v) is 7.36. The largest absolute Gasteiger partial charge is 0.489 e. The maximum Gasteiger partial charge on any atom is 0.336 e. The number of halogens is 1. The van der Waals surface area contributed by atoms with E-state index in [4.69, 9.17) is 16.3 Å². The summed E-state index contributed by atoms with van der Waals surface area (Å²) >= 11 is 8.38. The first-order chi connectivity index (χ1) is 13.6. The number of carboxylic acids is 1. The van der Waals surface area contributed by atoms with Gasteiger partial charge < -0.3 is 15.2 Å². The summed E-state index contributed by atoms with van der Waals surface area (Å²) < 4.78 is 6.07. The number of aromatic carboxylic acids is 1. The predicted octanol–water partition coefficient (Wildman–Crippen LogP) is 5.36. The number of hydrogen-bond donors (Lipinski definition) is 2. The Kier molecular flexibility index (Phi) is 4.52. The third-order valence-electron chi connectivity index (χ3n) is 5.83. The molecule has 0 aromatic heterocycles. The Labute approximate surface area is 172 Å². The topological polar surface area (TPSA) is 58.6 Å². The van der Waals surface area contributed by atoms with Crippen LogP contribution in [0, 0.1) is 5.92 Å². The van der Waals surface area contributed by atoms with Gasteiger partial charge in [-0.25, -0.2) is 4.79 Å². The zero-order valence-corrected chi connectivity index (χ0v) is 16.7. The molecule has 0 saturated carbocycles. The van der Waals surface area contributed by atoms with Crippen LogP contribution in [0.1, 0.15) is 39.9 Å². The van der Waals surface area contributed by atoms with E-state index in [-0.39, 0.29) is 17.9 Å². The molecule has 2 aromatic rings. The van der Waals surface area contributed by atoms with Gasteiger partial charge in [-0.1, -0.05) is 35.9 Å². The van der Waals surface area contributed by atoms with Crippen LogP contribution in [0.4, 0.5) is 5.69 Å². The Morgan fingerprint density at radius 1 is 1.25 bits per heavy atom. The summed E-state index contributed by atoms with van der Waals surface area (Å²) in [5.74, 6) is 2.35. The van der Waals surface area contributed by atoms with Crippen molar-refractivity contribution in [3.63, 3.8) is 0 Å². The van der Waals surface area contributed by atoms with E-state index >= 15 is 0 Å². The van der Waals surface area contributed by atoms with Crippen LogP contribution in [0.25, 0.3) is 0 Å². The van der Waals surface area contributed by atoms with Crippen LogP contribution in [0.3, 0.4) is 0 Å². The van der Waals surface area contributed by atoms with Gasteiger partial charge >= 0.3 is 5.97 Å². The number of allylic oxidation sites excluding steroid dienone is 2. The van der Waals surface area contributed by atoms with E-state index in [1.807, 2.05) is 23.9 Å². The molecule has 3 aliphatic rings. The molecule has 2 aromatic carbocycles. The van der Waals surface area contributed by atoms with Crippen LogP contribution in [-0.2, 0) is 0 Å². The molecule has 28 heavy (non-hydrogen) atoms. The van der Waals surface area contributed by atoms with E-state index in [0.717, 1.165) is 40.5 Å². The van der Waals surface area contributed by atoms with Crippen molar-refractivity contribution in [2.75, 3.05) is 16.8 Å². The van der Waals surface area contributed by atoms with Gasteiger partial charge in [0, 0.05) is 17.4 Å². The molecule has 0 bridgehead atoms. The summed E-state index contributed by atoms with van der Waals surface area (Å²) in [5, 5.41) is 13.8. The number of carbonyl (C=O) groups is 1. The highest BCUT2D eigenvalue weighted by atomic mass is 35.5. The normalized spacial score (nSPS) is 25.4. The van der Waals surface area contributed by atoms with E-state index in [1.54, 1.807) is 12.1 Å². The molecule has 1 aliphatic carbocycles. The lowest BCUT2D eigenvalue weighted by molar-refractivity contribution is 0.0695. The number of benzene rings is 2. The van der Waals surface area contributed by atoms with Gasteiger partial charge in [-0.3, -0.25) is 0 Å². The van der Waals surface area contributed by atoms with Crippen molar-refractivity contribution in [2.24, 2.45) is 5.92 Å². The van der Waals surface area contributed by atoms with Crippen molar-refractivity contribution >= 4 is 35.0 Å². The lowest BCUT2D eigenvalue weighted by Crippen LogP contribution is -2.32. The Balaban J connectivity index is 1.54. The SMILES string of the molecule is O=C(O)c1ccc(Cl)c2c1C1C=CCC1[C@@H](c1cccc(OC3CSC3)c1)N2. The number of carboxylic acid groups (broad SMARTS) is 1. The lowest BCUT2D eigenvalue weighted by Gasteiger charge is -2.38. The number of fused-ring (bicyclic) bond motifs is 3. The molecule has 4 nitrogen and oxygen atoms in total. The molecule has 0 amide bonds. The zero-order chi connectivity index (χ0) is 19.3. The number of ether oxygens (including phenoxy) is 1. The maximum atomic E-state index is 11.8. The molecular weight excluding hydrogens is 394 g/mol. The average Bonchev–Trinajstić information content (AvgIpc) is 3.14. The number of hydrogen-bond acceptors (Lipinski definition) is 4. The van der Waals surface area contributed by atoms with Crippen LogP contribution >= 0.6 is 23.4 Å². The maximum absolute atomic E-state index is 11.8. The number of anilines is 1. The number of rotatable bonds is 4. The average molecular weight is 414 g/mol. The van der Waals surface area contributed by atoms with Gasteiger partial charge in [-0.05, 0) is 47.7 Å². The Bertz CT molecular complexity index is 972. The van der Waals surface area contributed by atoms with Crippen LogP contribution in [0.5, 0.6) is 5.75 Å². The Hall–Kier alpha value is -2.11. The van der Waals surface area contributed by atoms with Crippen molar-refractivity contribution < 1.29 is 14.6 Å². The second kappa shape index (κ2) is 7.05. The minimum absolute atomic E-state index is 0.0404. The lowest BCUT2D eigenvalue weighted by atomic mass is 9.75. The van der Waals surface area contributed by atoms with Crippen LogP contribution in [0.15, 0.2) is 48.6 Å². The standard InChI is InChI=1S/C22H20ClNO3S/c23-18-8-7-17(22(25)26)19-15-5-2-6-16(15)20(24-21(18)19)12-3-1-4-13(9-12)27-14-10-28-11-14/h1-5,7-9,14-16,20,24H,6,10-11H2,(H,25,26)/t15?,16?,20-/m1/s1. The molecule has 2 N–H and O–H groups in total. The molecule has 2 aliphatic heterocycles.